The number of rotatable bonds is 7. The van der Waals surface area contributed by atoms with Gasteiger partial charge in [0.25, 0.3) is 5.91 Å². The van der Waals surface area contributed by atoms with Crippen LogP contribution in [0.2, 0.25) is 0 Å². The number of para-hydroxylation sites is 1. The van der Waals surface area contributed by atoms with Crippen molar-refractivity contribution in [2.45, 2.75) is 13.3 Å². The summed E-state index contributed by atoms with van der Waals surface area (Å²) in [6, 6.07) is 10.4. The van der Waals surface area contributed by atoms with E-state index in [0.29, 0.717) is 19.6 Å². The van der Waals surface area contributed by atoms with Crippen LogP contribution < -0.4 is 4.74 Å². The summed E-state index contributed by atoms with van der Waals surface area (Å²) in [4.78, 5) is 28.7. The number of aryl methyl sites for hydroxylation is 1. The van der Waals surface area contributed by atoms with Crippen LogP contribution >= 0.6 is 0 Å². The van der Waals surface area contributed by atoms with Crippen molar-refractivity contribution in [1.29, 1.82) is 0 Å². The van der Waals surface area contributed by atoms with Crippen molar-refractivity contribution in [3.63, 3.8) is 0 Å². The van der Waals surface area contributed by atoms with Gasteiger partial charge in [0.15, 0.2) is 0 Å². The van der Waals surface area contributed by atoms with Gasteiger partial charge in [0, 0.05) is 19.8 Å². The Labute approximate surface area is 140 Å². The molecule has 1 aromatic carbocycles. The summed E-state index contributed by atoms with van der Waals surface area (Å²) in [5.74, 6) is -0.558. The molecule has 6 heteroatoms. The normalized spacial score (nSPS) is 10.2. The number of carbonyl (C=O) groups is 2. The highest BCUT2D eigenvalue weighted by Crippen LogP contribution is 2.16. The quantitative estimate of drug-likeness (QED) is 0.790. The Bertz CT molecular complexity index is 730. The van der Waals surface area contributed by atoms with Gasteiger partial charge in [-0.2, -0.15) is 0 Å². The molecule has 0 saturated carbocycles. The van der Waals surface area contributed by atoms with Crippen molar-refractivity contribution in [2.24, 2.45) is 0 Å². The molecule has 1 aromatic heterocycles. The van der Waals surface area contributed by atoms with Crippen molar-refractivity contribution in [3.05, 3.63) is 59.4 Å². The standard InChI is InChI=1S/C18H20N2O4/c1-13-6-3-4-7-16(13)24-11-5-10-20(2)17(21)15-12-14(18(22)23)8-9-19-15/h3-4,6-9,12H,5,10-11H2,1-2H3,(H,22,23). The zero-order valence-corrected chi connectivity index (χ0v) is 13.7. The highest BCUT2D eigenvalue weighted by atomic mass is 16.5. The number of aromatic nitrogens is 1. The molecule has 126 valence electrons. The number of carboxylic acids is 1. The number of pyridine rings is 1. The van der Waals surface area contributed by atoms with Gasteiger partial charge in [-0.15, -0.1) is 0 Å². The lowest BCUT2D eigenvalue weighted by Crippen LogP contribution is -2.29. The van der Waals surface area contributed by atoms with Gasteiger partial charge in [0.2, 0.25) is 0 Å². The Morgan fingerprint density at radius 3 is 2.71 bits per heavy atom. The molecule has 0 radical (unpaired) electrons. The molecule has 1 heterocycles. The van der Waals surface area contributed by atoms with E-state index < -0.39 is 5.97 Å². The second-order valence-electron chi connectivity index (χ2n) is 5.43. The number of amides is 1. The first-order valence-electron chi connectivity index (χ1n) is 7.62. The van der Waals surface area contributed by atoms with Gasteiger partial charge in [-0.05, 0) is 37.1 Å². The first-order valence-corrected chi connectivity index (χ1v) is 7.62. The molecule has 2 aromatic rings. The van der Waals surface area contributed by atoms with E-state index in [9.17, 15) is 9.59 Å². The largest absolute Gasteiger partial charge is 0.493 e. The summed E-state index contributed by atoms with van der Waals surface area (Å²) in [5.41, 5.74) is 1.23. The number of aromatic carboxylic acids is 1. The van der Waals surface area contributed by atoms with Gasteiger partial charge in [-0.1, -0.05) is 18.2 Å². The molecule has 6 nitrogen and oxygen atoms in total. The average molecular weight is 328 g/mol. The highest BCUT2D eigenvalue weighted by Gasteiger charge is 2.15. The van der Waals surface area contributed by atoms with Crippen LogP contribution in [0.4, 0.5) is 0 Å². The van der Waals surface area contributed by atoms with E-state index >= 15 is 0 Å². The van der Waals surface area contributed by atoms with Crippen LogP contribution in [-0.4, -0.2) is 47.1 Å². The van der Waals surface area contributed by atoms with Crippen molar-refractivity contribution < 1.29 is 19.4 Å². The molecule has 0 atom stereocenters. The fourth-order valence-electron chi connectivity index (χ4n) is 2.18. The summed E-state index contributed by atoms with van der Waals surface area (Å²) in [7, 11) is 1.66. The molecule has 0 saturated heterocycles. The third-order valence-corrected chi connectivity index (χ3v) is 3.56. The van der Waals surface area contributed by atoms with E-state index in [4.69, 9.17) is 9.84 Å². The summed E-state index contributed by atoms with van der Waals surface area (Å²) in [5, 5.41) is 8.96. The van der Waals surface area contributed by atoms with Crippen LogP contribution in [0.15, 0.2) is 42.6 Å². The lowest BCUT2D eigenvalue weighted by molar-refractivity contribution is 0.0696. The molecule has 0 aliphatic rings. The lowest BCUT2D eigenvalue weighted by Gasteiger charge is -2.17. The predicted molar refractivity (Wildman–Crippen MR) is 89.4 cm³/mol. The summed E-state index contributed by atoms with van der Waals surface area (Å²) in [6.07, 6.45) is 1.99. The van der Waals surface area contributed by atoms with Crippen molar-refractivity contribution >= 4 is 11.9 Å². The zero-order valence-electron chi connectivity index (χ0n) is 13.7. The van der Waals surface area contributed by atoms with E-state index in [1.54, 1.807) is 7.05 Å². The number of hydrogen-bond donors (Lipinski definition) is 1. The van der Waals surface area contributed by atoms with Gasteiger partial charge in [-0.25, -0.2) is 4.79 Å². The number of ether oxygens (including phenoxy) is 1. The minimum Gasteiger partial charge on any atom is -0.493 e. The van der Waals surface area contributed by atoms with Crippen LogP contribution in [0.25, 0.3) is 0 Å². The number of carboxylic acid groups (broad SMARTS) is 1. The number of nitrogens with zero attached hydrogens (tertiary/aromatic N) is 2. The van der Waals surface area contributed by atoms with Crippen LogP contribution in [0, 0.1) is 6.92 Å². The van der Waals surface area contributed by atoms with E-state index in [0.717, 1.165) is 11.3 Å². The Morgan fingerprint density at radius 2 is 2.00 bits per heavy atom. The fraction of sp³-hybridized carbons (Fsp3) is 0.278. The van der Waals surface area contributed by atoms with Crippen molar-refractivity contribution in [1.82, 2.24) is 9.88 Å². The maximum absolute atomic E-state index is 12.3. The average Bonchev–Trinajstić information content (AvgIpc) is 2.59. The van der Waals surface area contributed by atoms with E-state index in [2.05, 4.69) is 4.98 Å². The number of hydrogen-bond acceptors (Lipinski definition) is 4. The van der Waals surface area contributed by atoms with Crippen LogP contribution in [-0.2, 0) is 0 Å². The SMILES string of the molecule is Cc1ccccc1OCCCN(C)C(=O)c1cc(C(=O)O)ccn1. The molecule has 0 aliphatic carbocycles. The van der Waals surface area contributed by atoms with Gasteiger partial charge < -0.3 is 14.7 Å². The van der Waals surface area contributed by atoms with Gasteiger partial charge in [-0.3, -0.25) is 9.78 Å². The lowest BCUT2D eigenvalue weighted by atomic mass is 10.2. The van der Waals surface area contributed by atoms with E-state index in [-0.39, 0.29) is 17.2 Å². The fourth-order valence-corrected chi connectivity index (χ4v) is 2.18. The Morgan fingerprint density at radius 1 is 1.25 bits per heavy atom. The summed E-state index contributed by atoms with van der Waals surface area (Å²) < 4.78 is 5.69. The van der Waals surface area contributed by atoms with E-state index in [1.807, 2.05) is 31.2 Å². The molecular formula is C18H20N2O4. The number of carbonyl (C=O) groups excluding carboxylic acids is 1. The molecule has 0 bridgehead atoms. The van der Waals surface area contributed by atoms with Gasteiger partial charge in [0.1, 0.15) is 11.4 Å². The molecular weight excluding hydrogens is 308 g/mol. The Balaban J connectivity index is 1.85. The first kappa shape index (κ1) is 17.5. The van der Waals surface area contributed by atoms with Crippen molar-refractivity contribution in [3.8, 4) is 5.75 Å². The zero-order chi connectivity index (χ0) is 17.5. The molecule has 2 rings (SSSR count). The Kier molecular flexibility index (Phi) is 5.89. The van der Waals surface area contributed by atoms with Crippen LogP contribution in [0.1, 0.15) is 32.8 Å². The molecule has 0 fully saturated rings. The Hall–Kier alpha value is -2.89. The molecule has 1 amide bonds. The third kappa shape index (κ3) is 4.55. The first-order chi connectivity index (χ1) is 11.5. The molecule has 24 heavy (non-hydrogen) atoms. The minimum absolute atomic E-state index is 0.0460. The van der Waals surface area contributed by atoms with E-state index in [1.165, 1.54) is 23.2 Å². The molecule has 1 N–H and O–H groups in total. The smallest absolute Gasteiger partial charge is 0.335 e. The molecule has 0 aliphatic heterocycles. The number of benzene rings is 1. The van der Waals surface area contributed by atoms with Crippen LogP contribution in [0.3, 0.4) is 0 Å². The topological polar surface area (TPSA) is 79.7 Å². The maximum atomic E-state index is 12.3. The van der Waals surface area contributed by atoms with Gasteiger partial charge >= 0.3 is 5.97 Å². The van der Waals surface area contributed by atoms with Crippen LogP contribution in [0.5, 0.6) is 5.75 Å². The predicted octanol–water partition coefficient (Wildman–Crippen LogP) is 2.63. The third-order valence-electron chi connectivity index (χ3n) is 3.56. The second-order valence-corrected chi connectivity index (χ2v) is 5.43. The second kappa shape index (κ2) is 8.10. The minimum atomic E-state index is -1.08. The van der Waals surface area contributed by atoms with Crippen molar-refractivity contribution in [2.75, 3.05) is 20.2 Å². The summed E-state index contributed by atoms with van der Waals surface area (Å²) in [6.45, 7) is 2.96. The molecule has 0 unspecified atom stereocenters. The highest BCUT2D eigenvalue weighted by molar-refractivity contribution is 5.95. The summed E-state index contributed by atoms with van der Waals surface area (Å²) >= 11 is 0. The maximum Gasteiger partial charge on any atom is 0.335 e. The van der Waals surface area contributed by atoms with Gasteiger partial charge in [0.05, 0.1) is 12.2 Å². The monoisotopic (exact) mass is 328 g/mol. The molecule has 0 spiro atoms.